The lowest BCUT2D eigenvalue weighted by Gasteiger charge is -2.21. The lowest BCUT2D eigenvalue weighted by Crippen LogP contribution is -2.37. The highest BCUT2D eigenvalue weighted by Gasteiger charge is 2.34. The molecule has 1 atom stereocenters. The Balaban J connectivity index is 1.84. The van der Waals surface area contributed by atoms with Crippen LogP contribution in [0.1, 0.15) is 61.5 Å². The van der Waals surface area contributed by atoms with Gasteiger partial charge in [-0.2, -0.15) is 0 Å². The number of rotatable bonds is 11. The van der Waals surface area contributed by atoms with Crippen molar-refractivity contribution in [2.24, 2.45) is 5.92 Å². The number of hydrogen-bond acceptors (Lipinski definition) is 6. The van der Waals surface area contributed by atoms with Crippen molar-refractivity contribution in [3.63, 3.8) is 0 Å². The Morgan fingerprint density at radius 3 is 2.27 bits per heavy atom. The lowest BCUT2D eigenvalue weighted by molar-refractivity contribution is -0.152. The molecule has 1 unspecified atom stereocenters. The van der Waals surface area contributed by atoms with Gasteiger partial charge in [0, 0.05) is 12.1 Å². The number of carbonyl (C=O) groups excluding carboxylic acids is 3. The van der Waals surface area contributed by atoms with Gasteiger partial charge < -0.3 is 24.7 Å². The summed E-state index contributed by atoms with van der Waals surface area (Å²) in [5, 5.41) is 5.59. The van der Waals surface area contributed by atoms with Gasteiger partial charge in [0.2, 0.25) is 0 Å². The molecule has 1 heterocycles. The highest BCUT2D eigenvalue weighted by atomic mass is 16.6. The number of nitrogens with one attached hydrogen (secondary N) is 2. The van der Waals surface area contributed by atoms with E-state index in [0.29, 0.717) is 5.75 Å². The first-order chi connectivity index (χ1) is 15.7. The molecule has 0 spiro atoms. The fraction of sp³-hybridized carbons (Fsp3) is 0.500. The number of benzene rings is 1. The summed E-state index contributed by atoms with van der Waals surface area (Å²) in [7, 11) is 0. The van der Waals surface area contributed by atoms with Crippen LogP contribution >= 0.6 is 0 Å². The molecule has 1 aromatic heterocycles. The number of para-hydroxylation sites is 1. The summed E-state index contributed by atoms with van der Waals surface area (Å²) in [5.41, 5.74) is 0.145. The Morgan fingerprint density at radius 2 is 1.67 bits per heavy atom. The third-order valence-corrected chi connectivity index (χ3v) is 4.88. The molecule has 2 amide bonds. The smallest absolute Gasteiger partial charge is 0.309 e. The van der Waals surface area contributed by atoms with Gasteiger partial charge in [-0.25, -0.2) is 4.98 Å². The van der Waals surface area contributed by atoms with Crippen molar-refractivity contribution in [3.8, 4) is 5.75 Å². The first kappa shape index (κ1) is 24.3. The Hall–Kier alpha value is -3.36. The molecule has 178 valence electrons. The predicted molar refractivity (Wildman–Crippen MR) is 122 cm³/mol. The van der Waals surface area contributed by atoms with Crippen molar-refractivity contribution in [1.29, 1.82) is 0 Å². The van der Waals surface area contributed by atoms with Crippen LogP contribution in [0.2, 0.25) is 0 Å². The minimum atomic E-state index is -0.667. The molecule has 2 aromatic rings. The second-order valence-corrected chi connectivity index (χ2v) is 8.81. The van der Waals surface area contributed by atoms with E-state index in [0.717, 1.165) is 12.8 Å². The first-order valence-electron chi connectivity index (χ1n) is 11.3. The SMILES string of the molecule is CC(C)NC(=O)c1ncn(CC(COc2ccccc2)OC(=O)C2CC2)c1C(=O)NC(C)C. The summed E-state index contributed by atoms with van der Waals surface area (Å²) >= 11 is 0. The largest absolute Gasteiger partial charge is 0.490 e. The highest BCUT2D eigenvalue weighted by molar-refractivity contribution is 6.05. The summed E-state index contributed by atoms with van der Waals surface area (Å²) < 4.78 is 13.1. The van der Waals surface area contributed by atoms with E-state index in [1.54, 1.807) is 4.57 Å². The topological polar surface area (TPSA) is 112 Å². The maximum atomic E-state index is 13.0. The number of imidazole rings is 1. The molecule has 33 heavy (non-hydrogen) atoms. The van der Waals surface area contributed by atoms with Crippen LogP contribution in [-0.4, -0.2) is 52.1 Å². The fourth-order valence-corrected chi connectivity index (χ4v) is 3.21. The third kappa shape index (κ3) is 7.06. The molecule has 0 aliphatic heterocycles. The van der Waals surface area contributed by atoms with Gasteiger partial charge in [-0.3, -0.25) is 14.4 Å². The molecule has 0 radical (unpaired) electrons. The lowest BCUT2D eigenvalue weighted by atomic mass is 10.2. The van der Waals surface area contributed by atoms with Gasteiger partial charge >= 0.3 is 5.97 Å². The van der Waals surface area contributed by atoms with Crippen molar-refractivity contribution in [3.05, 3.63) is 48.0 Å². The zero-order valence-electron chi connectivity index (χ0n) is 19.5. The summed E-state index contributed by atoms with van der Waals surface area (Å²) in [6.45, 7) is 7.54. The van der Waals surface area contributed by atoms with Gasteiger partial charge in [0.15, 0.2) is 11.8 Å². The van der Waals surface area contributed by atoms with Gasteiger partial charge in [0.25, 0.3) is 11.8 Å². The number of aromatic nitrogens is 2. The van der Waals surface area contributed by atoms with Crippen LogP contribution < -0.4 is 15.4 Å². The van der Waals surface area contributed by atoms with Crippen LogP contribution in [0.5, 0.6) is 5.75 Å². The summed E-state index contributed by atoms with van der Waals surface area (Å²) in [4.78, 5) is 42.2. The number of hydrogen-bond donors (Lipinski definition) is 2. The van der Waals surface area contributed by atoms with E-state index in [1.165, 1.54) is 6.33 Å². The van der Waals surface area contributed by atoms with Crippen LogP contribution in [0.25, 0.3) is 0 Å². The Bertz CT molecular complexity index is 966. The van der Waals surface area contributed by atoms with Crippen LogP contribution in [0, 0.1) is 5.92 Å². The van der Waals surface area contributed by atoms with E-state index in [9.17, 15) is 14.4 Å². The average molecular weight is 457 g/mol. The molecule has 1 fully saturated rings. The molecule has 9 nitrogen and oxygen atoms in total. The number of carbonyl (C=O) groups is 3. The quantitative estimate of drug-likeness (QED) is 0.503. The third-order valence-electron chi connectivity index (χ3n) is 4.88. The highest BCUT2D eigenvalue weighted by Crippen LogP contribution is 2.30. The van der Waals surface area contributed by atoms with Crippen LogP contribution in [-0.2, 0) is 16.1 Å². The van der Waals surface area contributed by atoms with Gasteiger partial charge in [-0.1, -0.05) is 18.2 Å². The summed E-state index contributed by atoms with van der Waals surface area (Å²) in [6, 6.07) is 8.96. The average Bonchev–Trinajstić information content (AvgIpc) is 3.52. The minimum absolute atomic E-state index is 0.0260. The van der Waals surface area contributed by atoms with Crippen molar-refractivity contribution >= 4 is 17.8 Å². The molecule has 2 N–H and O–H groups in total. The molecule has 0 saturated heterocycles. The second-order valence-electron chi connectivity index (χ2n) is 8.81. The second kappa shape index (κ2) is 11.0. The van der Waals surface area contributed by atoms with Gasteiger partial charge in [-0.15, -0.1) is 0 Å². The number of esters is 1. The summed E-state index contributed by atoms with van der Waals surface area (Å²) in [6.07, 6.45) is 2.39. The van der Waals surface area contributed by atoms with E-state index < -0.39 is 17.9 Å². The Morgan fingerprint density at radius 1 is 1.03 bits per heavy atom. The van der Waals surface area contributed by atoms with E-state index in [1.807, 2.05) is 58.0 Å². The zero-order chi connectivity index (χ0) is 24.0. The Kier molecular flexibility index (Phi) is 8.08. The van der Waals surface area contributed by atoms with E-state index >= 15 is 0 Å². The van der Waals surface area contributed by atoms with E-state index in [-0.39, 0.29) is 48.5 Å². The standard InChI is InChI=1S/C24H32N4O5/c1-15(2)26-22(29)20-21(23(30)27-16(3)4)28(14-25-20)12-19(33-24(31)17-10-11-17)13-32-18-8-6-5-7-9-18/h5-9,14-17,19H,10-13H2,1-4H3,(H,26,29)(H,27,30). The number of ether oxygens (including phenoxy) is 2. The molecule has 0 bridgehead atoms. The zero-order valence-corrected chi connectivity index (χ0v) is 19.5. The van der Waals surface area contributed by atoms with Crippen LogP contribution in [0.4, 0.5) is 0 Å². The molecule has 1 aromatic carbocycles. The normalized spacial score (nSPS) is 14.1. The molecular weight excluding hydrogens is 424 g/mol. The van der Waals surface area contributed by atoms with E-state index in [2.05, 4.69) is 15.6 Å². The maximum Gasteiger partial charge on any atom is 0.309 e. The van der Waals surface area contributed by atoms with Gasteiger partial charge in [0.1, 0.15) is 18.1 Å². The molecule has 9 heteroatoms. The monoisotopic (exact) mass is 456 g/mol. The van der Waals surface area contributed by atoms with Crippen molar-refractivity contribution in [2.45, 2.75) is 65.3 Å². The maximum absolute atomic E-state index is 13.0. The molecule has 1 saturated carbocycles. The van der Waals surface area contributed by atoms with Crippen molar-refractivity contribution in [1.82, 2.24) is 20.2 Å². The number of amides is 2. The molecular formula is C24H32N4O5. The minimum Gasteiger partial charge on any atom is -0.490 e. The fourth-order valence-electron chi connectivity index (χ4n) is 3.21. The van der Waals surface area contributed by atoms with E-state index in [4.69, 9.17) is 9.47 Å². The van der Waals surface area contributed by atoms with Gasteiger partial charge in [0.05, 0.1) is 18.8 Å². The van der Waals surface area contributed by atoms with Gasteiger partial charge in [-0.05, 0) is 52.7 Å². The van der Waals surface area contributed by atoms with Crippen LogP contribution in [0.3, 0.4) is 0 Å². The number of nitrogens with zero attached hydrogens (tertiary/aromatic N) is 2. The Labute approximate surface area is 193 Å². The molecule has 1 aliphatic carbocycles. The molecule has 3 rings (SSSR count). The molecule has 1 aliphatic rings. The predicted octanol–water partition coefficient (Wildman–Crippen LogP) is 2.56. The summed E-state index contributed by atoms with van der Waals surface area (Å²) in [5.74, 6) is -0.575. The van der Waals surface area contributed by atoms with Crippen LogP contribution in [0.15, 0.2) is 36.7 Å². The van der Waals surface area contributed by atoms with Crippen molar-refractivity contribution in [2.75, 3.05) is 6.61 Å². The first-order valence-corrected chi connectivity index (χ1v) is 11.3. The van der Waals surface area contributed by atoms with Crippen molar-refractivity contribution < 1.29 is 23.9 Å².